The zero-order valence-electron chi connectivity index (χ0n) is 12.6. The molecule has 1 rings (SSSR count). The summed E-state index contributed by atoms with van der Waals surface area (Å²) < 4.78 is 0. The largest absolute Gasteiger partial charge is 0.314 e. The van der Waals surface area contributed by atoms with Crippen molar-refractivity contribution < 1.29 is 0 Å². The van der Waals surface area contributed by atoms with Crippen LogP contribution in [0.1, 0.15) is 72.1 Å². The van der Waals surface area contributed by atoms with E-state index in [0.29, 0.717) is 5.41 Å². The van der Waals surface area contributed by atoms with Crippen molar-refractivity contribution in [1.82, 2.24) is 5.32 Å². The van der Waals surface area contributed by atoms with Crippen LogP contribution in [-0.4, -0.2) is 12.6 Å². The molecular weight excluding hydrogens is 218 g/mol. The first-order valence-corrected chi connectivity index (χ1v) is 7.71. The normalized spacial score (nSPS) is 25.4. The first-order valence-electron chi connectivity index (χ1n) is 7.71. The minimum atomic E-state index is 0.488. The highest BCUT2D eigenvalue weighted by molar-refractivity contribution is 4.83. The van der Waals surface area contributed by atoms with Gasteiger partial charge in [0.25, 0.3) is 0 Å². The molecule has 18 heavy (non-hydrogen) atoms. The number of hydrogen-bond donors (Lipinski definition) is 1. The number of unbranched alkanes of at least 4 members (excludes halogenated alkanes) is 2. The second-order valence-corrected chi connectivity index (χ2v) is 6.88. The quantitative estimate of drug-likeness (QED) is 0.433. The Balaban J connectivity index is 2.20. The average molecular weight is 249 g/mol. The van der Waals surface area contributed by atoms with E-state index in [2.05, 4.69) is 32.0 Å². The minimum absolute atomic E-state index is 0.488. The standard InChI is InChI=1S/C17H31N/c1-5-6-7-8-14-18-16-11-9-10-15(12-13-16)17(2,3)4/h1,15-16,18H,6-14H2,2-4H3. The van der Waals surface area contributed by atoms with Gasteiger partial charge in [0.1, 0.15) is 0 Å². The summed E-state index contributed by atoms with van der Waals surface area (Å²) in [5.41, 5.74) is 0.488. The molecule has 0 heterocycles. The molecule has 0 spiro atoms. The van der Waals surface area contributed by atoms with Crippen LogP contribution in [-0.2, 0) is 0 Å². The average Bonchev–Trinajstić information content (AvgIpc) is 2.53. The topological polar surface area (TPSA) is 12.0 Å². The van der Waals surface area contributed by atoms with Gasteiger partial charge in [0.05, 0.1) is 0 Å². The van der Waals surface area contributed by atoms with Gasteiger partial charge < -0.3 is 5.32 Å². The Labute approximate surface area is 114 Å². The summed E-state index contributed by atoms with van der Waals surface area (Å²) >= 11 is 0. The van der Waals surface area contributed by atoms with Crippen LogP contribution in [0.3, 0.4) is 0 Å². The Morgan fingerprint density at radius 2 is 1.89 bits per heavy atom. The Morgan fingerprint density at radius 3 is 2.56 bits per heavy atom. The van der Waals surface area contributed by atoms with Crippen LogP contribution in [0, 0.1) is 23.7 Å². The third-order valence-corrected chi connectivity index (χ3v) is 4.37. The summed E-state index contributed by atoms with van der Waals surface area (Å²) in [4.78, 5) is 0. The number of rotatable bonds is 5. The van der Waals surface area contributed by atoms with Gasteiger partial charge in [-0.1, -0.05) is 27.2 Å². The third-order valence-electron chi connectivity index (χ3n) is 4.37. The van der Waals surface area contributed by atoms with Gasteiger partial charge >= 0.3 is 0 Å². The van der Waals surface area contributed by atoms with Crippen LogP contribution >= 0.6 is 0 Å². The zero-order valence-corrected chi connectivity index (χ0v) is 12.6. The first kappa shape index (κ1) is 15.6. The minimum Gasteiger partial charge on any atom is -0.314 e. The smallest absolute Gasteiger partial charge is 0.00865 e. The summed E-state index contributed by atoms with van der Waals surface area (Å²) in [6.45, 7) is 8.33. The summed E-state index contributed by atoms with van der Waals surface area (Å²) in [6.07, 6.45) is 15.5. The van der Waals surface area contributed by atoms with Crippen LogP contribution in [0.5, 0.6) is 0 Å². The highest BCUT2D eigenvalue weighted by atomic mass is 14.9. The van der Waals surface area contributed by atoms with E-state index < -0.39 is 0 Å². The van der Waals surface area contributed by atoms with Crippen molar-refractivity contribution in [3.8, 4) is 12.3 Å². The van der Waals surface area contributed by atoms with Crippen molar-refractivity contribution in [1.29, 1.82) is 0 Å². The molecule has 1 nitrogen and oxygen atoms in total. The molecule has 1 aliphatic rings. The molecule has 0 amide bonds. The van der Waals surface area contributed by atoms with Crippen molar-refractivity contribution in [2.24, 2.45) is 11.3 Å². The van der Waals surface area contributed by atoms with E-state index in [1.54, 1.807) is 0 Å². The Bertz CT molecular complexity index is 256. The monoisotopic (exact) mass is 249 g/mol. The van der Waals surface area contributed by atoms with Gasteiger partial charge in [-0.15, -0.1) is 12.3 Å². The van der Waals surface area contributed by atoms with Crippen molar-refractivity contribution in [3.63, 3.8) is 0 Å². The lowest BCUT2D eigenvalue weighted by Crippen LogP contribution is -2.29. The van der Waals surface area contributed by atoms with Crippen LogP contribution in [0.25, 0.3) is 0 Å². The molecule has 0 aromatic rings. The summed E-state index contributed by atoms with van der Waals surface area (Å²) in [6, 6.07) is 0.753. The highest BCUT2D eigenvalue weighted by Crippen LogP contribution is 2.36. The van der Waals surface area contributed by atoms with Gasteiger partial charge in [0, 0.05) is 12.5 Å². The molecule has 1 saturated carbocycles. The van der Waals surface area contributed by atoms with Crippen molar-refractivity contribution >= 4 is 0 Å². The van der Waals surface area contributed by atoms with Crippen LogP contribution in [0.2, 0.25) is 0 Å². The summed E-state index contributed by atoms with van der Waals surface area (Å²) in [5, 5.41) is 3.72. The van der Waals surface area contributed by atoms with Crippen LogP contribution < -0.4 is 5.32 Å². The second kappa shape index (κ2) is 7.85. The molecule has 104 valence electrons. The van der Waals surface area contributed by atoms with E-state index in [1.165, 1.54) is 44.9 Å². The Morgan fingerprint density at radius 1 is 1.11 bits per heavy atom. The fraction of sp³-hybridized carbons (Fsp3) is 0.882. The zero-order chi connectivity index (χ0) is 13.4. The molecule has 2 unspecified atom stereocenters. The van der Waals surface area contributed by atoms with Gasteiger partial charge in [-0.25, -0.2) is 0 Å². The maximum Gasteiger partial charge on any atom is 0.00865 e. The molecule has 0 bridgehead atoms. The number of terminal acetylenes is 1. The lowest BCUT2D eigenvalue weighted by molar-refractivity contribution is 0.213. The summed E-state index contributed by atoms with van der Waals surface area (Å²) in [5.74, 6) is 3.62. The van der Waals surface area contributed by atoms with Gasteiger partial charge in [-0.2, -0.15) is 0 Å². The fourth-order valence-electron chi connectivity index (χ4n) is 3.03. The SMILES string of the molecule is C#CCCCCNC1CCCC(C(C)(C)C)CC1. The van der Waals surface area contributed by atoms with Gasteiger partial charge in [-0.3, -0.25) is 0 Å². The lowest BCUT2D eigenvalue weighted by Gasteiger charge is -2.29. The molecular formula is C17H31N. The van der Waals surface area contributed by atoms with Gasteiger partial charge in [0.15, 0.2) is 0 Å². The lowest BCUT2D eigenvalue weighted by atomic mass is 9.76. The molecule has 1 fully saturated rings. The molecule has 0 aliphatic heterocycles. The van der Waals surface area contributed by atoms with Gasteiger partial charge in [-0.05, 0) is 56.4 Å². The van der Waals surface area contributed by atoms with E-state index in [1.807, 2.05) is 0 Å². The number of hydrogen-bond acceptors (Lipinski definition) is 1. The maximum atomic E-state index is 5.26. The van der Waals surface area contributed by atoms with Crippen LogP contribution in [0.4, 0.5) is 0 Å². The molecule has 0 saturated heterocycles. The molecule has 1 N–H and O–H groups in total. The fourth-order valence-corrected chi connectivity index (χ4v) is 3.03. The van der Waals surface area contributed by atoms with E-state index in [9.17, 15) is 0 Å². The van der Waals surface area contributed by atoms with Crippen LogP contribution in [0.15, 0.2) is 0 Å². The van der Waals surface area contributed by atoms with E-state index in [4.69, 9.17) is 6.42 Å². The van der Waals surface area contributed by atoms with Crippen molar-refractivity contribution in [2.75, 3.05) is 6.54 Å². The summed E-state index contributed by atoms with van der Waals surface area (Å²) in [7, 11) is 0. The van der Waals surface area contributed by atoms with E-state index in [-0.39, 0.29) is 0 Å². The third kappa shape index (κ3) is 5.91. The number of nitrogens with one attached hydrogen (secondary N) is 1. The molecule has 1 aliphatic carbocycles. The Kier molecular flexibility index (Phi) is 6.79. The molecule has 2 atom stereocenters. The Hall–Kier alpha value is -0.480. The van der Waals surface area contributed by atoms with E-state index >= 15 is 0 Å². The predicted octanol–water partition coefficient (Wildman–Crippen LogP) is 4.37. The molecule has 0 aromatic heterocycles. The molecule has 0 radical (unpaired) electrons. The molecule has 0 aromatic carbocycles. The first-order chi connectivity index (χ1) is 8.54. The predicted molar refractivity (Wildman–Crippen MR) is 80.5 cm³/mol. The van der Waals surface area contributed by atoms with Crippen molar-refractivity contribution in [3.05, 3.63) is 0 Å². The van der Waals surface area contributed by atoms with Gasteiger partial charge in [0.2, 0.25) is 0 Å². The molecule has 1 heteroatoms. The highest BCUT2D eigenvalue weighted by Gasteiger charge is 2.27. The maximum absolute atomic E-state index is 5.26. The second-order valence-electron chi connectivity index (χ2n) is 6.88. The van der Waals surface area contributed by atoms with Crippen molar-refractivity contribution in [2.45, 2.75) is 78.2 Å². The van der Waals surface area contributed by atoms with E-state index in [0.717, 1.165) is 24.9 Å².